The molecule has 0 unspecified atom stereocenters. The van der Waals surface area contributed by atoms with Crippen LogP contribution >= 0.6 is 11.6 Å². The lowest BCUT2D eigenvalue weighted by molar-refractivity contribution is -0.129. The Hall–Kier alpha value is -2.91. The van der Waals surface area contributed by atoms with Crippen LogP contribution in [-0.2, 0) is 9.53 Å². The number of esters is 1. The van der Waals surface area contributed by atoms with Crippen molar-refractivity contribution in [2.45, 2.75) is 0 Å². The molecule has 0 saturated heterocycles. The zero-order valence-electron chi connectivity index (χ0n) is 12.6. The summed E-state index contributed by atoms with van der Waals surface area (Å²) in [6, 6.07) is 21.0. The fourth-order valence-corrected chi connectivity index (χ4v) is 2.89. The molecule has 3 aromatic rings. The maximum atomic E-state index is 12.1. The number of hydrogen-bond acceptors (Lipinski definition) is 3. The minimum absolute atomic E-state index is 0.264. The molecule has 0 aromatic heterocycles. The average Bonchev–Trinajstić information content (AvgIpc) is 2.95. The third-order valence-electron chi connectivity index (χ3n) is 3.79. The topological polar surface area (TPSA) is 38.7 Å². The normalized spacial score (nSPS) is 15.6. The molecule has 0 radical (unpaired) electrons. The highest BCUT2D eigenvalue weighted by molar-refractivity contribution is 6.30. The third-order valence-corrected chi connectivity index (χ3v) is 4.03. The number of aliphatic imine (C=N–C) groups is 1. The summed E-state index contributed by atoms with van der Waals surface area (Å²) in [6.45, 7) is 0. The van der Waals surface area contributed by atoms with Crippen LogP contribution in [0.15, 0.2) is 77.4 Å². The average molecular weight is 334 g/mol. The number of cyclic esters (lactones) is 1. The van der Waals surface area contributed by atoms with Gasteiger partial charge in [-0.15, -0.1) is 0 Å². The lowest BCUT2D eigenvalue weighted by Gasteiger charge is -2.04. The molecule has 0 bridgehead atoms. The number of rotatable bonds is 2. The third kappa shape index (κ3) is 2.70. The van der Waals surface area contributed by atoms with E-state index in [2.05, 4.69) is 4.99 Å². The maximum Gasteiger partial charge on any atom is 0.363 e. The van der Waals surface area contributed by atoms with Crippen LogP contribution in [0, 0.1) is 0 Å². The summed E-state index contributed by atoms with van der Waals surface area (Å²) in [5, 5.41) is 2.67. The first-order chi connectivity index (χ1) is 11.7. The van der Waals surface area contributed by atoms with Gasteiger partial charge in [0.2, 0.25) is 5.90 Å². The molecule has 0 spiro atoms. The highest BCUT2D eigenvalue weighted by atomic mass is 35.5. The second-order valence-electron chi connectivity index (χ2n) is 5.42. The summed E-state index contributed by atoms with van der Waals surface area (Å²) in [4.78, 5) is 16.5. The Morgan fingerprint density at radius 2 is 1.75 bits per heavy atom. The van der Waals surface area contributed by atoms with Gasteiger partial charge in [0.25, 0.3) is 0 Å². The van der Waals surface area contributed by atoms with E-state index in [9.17, 15) is 4.79 Å². The molecule has 0 amide bonds. The Morgan fingerprint density at radius 1 is 0.958 bits per heavy atom. The van der Waals surface area contributed by atoms with Crippen LogP contribution in [0.2, 0.25) is 5.02 Å². The van der Waals surface area contributed by atoms with Gasteiger partial charge in [-0.25, -0.2) is 9.79 Å². The molecular weight excluding hydrogens is 322 g/mol. The zero-order chi connectivity index (χ0) is 16.5. The predicted octanol–water partition coefficient (Wildman–Crippen LogP) is 4.84. The largest absolute Gasteiger partial charge is 0.402 e. The summed E-state index contributed by atoms with van der Waals surface area (Å²) in [6.07, 6.45) is 1.67. The Balaban J connectivity index is 1.78. The first kappa shape index (κ1) is 14.7. The number of hydrogen-bond donors (Lipinski definition) is 0. The molecule has 116 valence electrons. The van der Waals surface area contributed by atoms with Gasteiger partial charge in [-0.3, -0.25) is 0 Å². The smallest absolute Gasteiger partial charge is 0.363 e. The molecule has 0 aliphatic carbocycles. The van der Waals surface area contributed by atoms with Gasteiger partial charge in [-0.1, -0.05) is 60.1 Å². The van der Waals surface area contributed by atoms with Crippen LogP contribution in [0.5, 0.6) is 0 Å². The Morgan fingerprint density at radius 3 is 2.62 bits per heavy atom. The predicted molar refractivity (Wildman–Crippen MR) is 96.0 cm³/mol. The van der Waals surface area contributed by atoms with Gasteiger partial charge in [0.1, 0.15) is 0 Å². The SMILES string of the molecule is O=C1OC(c2cccc3ccccc23)=N/C1=C/c1cccc(Cl)c1. The van der Waals surface area contributed by atoms with Crippen molar-refractivity contribution in [1.82, 2.24) is 0 Å². The molecule has 24 heavy (non-hydrogen) atoms. The van der Waals surface area contributed by atoms with Crippen molar-refractivity contribution in [3.05, 3.63) is 88.6 Å². The second kappa shape index (κ2) is 5.95. The number of ether oxygens (including phenoxy) is 1. The highest BCUT2D eigenvalue weighted by Gasteiger charge is 2.25. The van der Waals surface area contributed by atoms with Crippen molar-refractivity contribution in [1.29, 1.82) is 0 Å². The van der Waals surface area contributed by atoms with E-state index < -0.39 is 5.97 Å². The zero-order valence-corrected chi connectivity index (χ0v) is 13.3. The number of benzene rings is 3. The van der Waals surface area contributed by atoms with Crippen LogP contribution in [0.1, 0.15) is 11.1 Å². The molecule has 1 heterocycles. The molecule has 0 N–H and O–H groups in total. The fraction of sp³-hybridized carbons (Fsp3) is 0. The monoisotopic (exact) mass is 333 g/mol. The molecule has 1 aliphatic heterocycles. The first-order valence-corrected chi connectivity index (χ1v) is 7.85. The van der Waals surface area contributed by atoms with Gasteiger partial charge in [0.05, 0.1) is 0 Å². The Kier molecular flexibility index (Phi) is 3.63. The molecule has 4 rings (SSSR count). The van der Waals surface area contributed by atoms with Crippen LogP contribution in [-0.4, -0.2) is 11.9 Å². The summed E-state index contributed by atoms with van der Waals surface area (Å²) >= 11 is 5.98. The number of nitrogens with zero attached hydrogens (tertiary/aromatic N) is 1. The van der Waals surface area contributed by atoms with Gasteiger partial charge in [0.15, 0.2) is 5.70 Å². The second-order valence-corrected chi connectivity index (χ2v) is 5.85. The lowest BCUT2D eigenvalue weighted by Crippen LogP contribution is -2.05. The fourth-order valence-electron chi connectivity index (χ4n) is 2.69. The Labute approximate surface area is 143 Å². The first-order valence-electron chi connectivity index (χ1n) is 7.47. The lowest BCUT2D eigenvalue weighted by atomic mass is 10.0. The van der Waals surface area contributed by atoms with Crippen molar-refractivity contribution in [2.24, 2.45) is 4.99 Å². The Bertz CT molecular complexity index is 1020. The van der Waals surface area contributed by atoms with E-state index in [0.717, 1.165) is 21.9 Å². The number of halogens is 1. The summed E-state index contributed by atoms with van der Waals surface area (Å²) in [7, 11) is 0. The molecule has 0 fully saturated rings. The van der Waals surface area contributed by atoms with Gasteiger partial charge in [-0.05, 0) is 40.6 Å². The molecule has 3 aromatic carbocycles. The van der Waals surface area contributed by atoms with Gasteiger partial charge in [-0.2, -0.15) is 0 Å². The number of carbonyl (C=O) groups excluding carboxylic acids is 1. The van der Waals surface area contributed by atoms with Crippen LogP contribution in [0.4, 0.5) is 0 Å². The summed E-state index contributed by atoms with van der Waals surface area (Å²) in [5.41, 5.74) is 1.87. The van der Waals surface area contributed by atoms with E-state index >= 15 is 0 Å². The van der Waals surface area contributed by atoms with E-state index in [1.54, 1.807) is 18.2 Å². The number of fused-ring (bicyclic) bond motifs is 1. The van der Waals surface area contributed by atoms with Crippen LogP contribution in [0.25, 0.3) is 16.8 Å². The van der Waals surface area contributed by atoms with Crippen molar-refractivity contribution >= 4 is 40.3 Å². The van der Waals surface area contributed by atoms with E-state index in [4.69, 9.17) is 16.3 Å². The van der Waals surface area contributed by atoms with Gasteiger partial charge < -0.3 is 4.74 Å². The quantitative estimate of drug-likeness (QED) is 0.497. The van der Waals surface area contributed by atoms with Crippen molar-refractivity contribution in [3.63, 3.8) is 0 Å². The van der Waals surface area contributed by atoms with Crippen molar-refractivity contribution in [2.75, 3.05) is 0 Å². The van der Waals surface area contributed by atoms with Gasteiger partial charge >= 0.3 is 5.97 Å². The van der Waals surface area contributed by atoms with E-state index in [-0.39, 0.29) is 5.70 Å². The molecule has 4 heteroatoms. The van der Waals surface area contributed by atoms with E-state index in [1.165, 1.54) is 0 Å². The van der Waals surface area contributed by atoms with Crippen LogP contribution < -0.4 is 0 Å². The van der Waals surface area contributed by atoms with Crippen molar-refractivity contribution in [3.8, 4) is 0 Å². The minimum atomic E-state index is -0.460. The standard InChI is InChI=1S/C20H12ClNO2/c21-15-8-3-5-13(11-15)12-18-20(23)24-19(22-18)17-10-4-7-14-6-1-2-9-16(14)17/h1-12H/b18-12+. The summed E-state index contributed by atoms with van der Waals surface area (Å²) < 4.78 is 5.38. The molecule has 1 aliphatic rings. The minimum Gasteiger partial charge on any atom is -0.402 e. The molecular formula is C20H12ClNO2. The van der Waals surface area contributed by atoms with Crippen LogP contribution in [0.3, 0.4) is 0 Å². The molecule has 0 saturated carbocycles. The number of carbonyl (C=O) groups is 1. The summed E-state index contributed by atoms with van der Waals surface area (Å²) in [5.74, 6) is -0.136. The molecule has 3 nitrogen and oxygen atoms in total. The van der Waals surface area contributed by atoms with E-state index in [0.29, 0.717) is 10.9 Å². The van der Waals surface area contributed by atoms with E-state index in [1.807, 2.05) is 54.6 Å². The molecule has 0 atom stereocenters. The van der Waals surface area contributed by atoms with Crippen molar-refractivity contribution < 1.29 is 9.53 Å². The van der Waals surface area contributed by atoms with Gasteiger partial charge in [0, 0.05) is 10.6 Å². The highest BCUT2D eigenvalue weighted by Crippen LogP contribution is 2.25. The maximum absolute atomic E-state index is 12.1.